The molecule has 0 spiro atoms. The van der Waals surface area contributed by atoms with Gasteiger partial charge in [0.2, 0.25) is 0 Å². The Morgan fingerprint density at radius 3 is 2.57 bits per heavy atom. The summed E-state index contributed by atoms with van der Waals surface area (Å²) < 4.78 is 11.1. The molecular weight excluding hydrogens is 309 g/mol. The van der Waals surface area contributed by atoms with Crippen LogP contribution in [0.1, 0.15) is 11.1 Å². The van der Waals surface area contributed by atoms with Crippen LogP contribution in [-0.4, -0.2) is 13.7 Å². The summed E-state index contributed by atoms with van der Waals surface area (Å²) in [6.45, 7) is 0.926. The third kappa shape index (κ3) is 4.27. The van der Waals surface area contributed by atoms with E-state index in [1.165, 1.54) is 0 Å². The number of benzene rings is 2. The van der Waals surface area contributed by atoms with Gasteiger partial charge < -0.3 is 15.2 Å². The summed E-state index contributed by atoms with van der Waals surface area (Å²) in [6, 6.07) is 11.2. The minimum Gasteiger partial charge on any atom is -0.493 e. The molecular formula is C16H17Cl2NO2. The molecule has 0 bridgehead atoms. The summed E-state index contributed by atoms with van der Waals surface area (Å²) in [5.74, 6) is 1.13. The van der Waals surface area contributed by atoms with Gasteiger partial charge in [0.25, 0.3) is 0 Å². The van der Waals surface area contributed by atoms with Crippen LogP contribution in [0.3, 0.4) is 0 Å². The summed E-state index contributed by atoms with van der Waals surface area (Å²) in [5, 5.41) is 1.19. The summed E-state index contributed by atoms with van der Waals surface area (Å²) in [6.07, 6.45) is 0.741. The van der Waals surface area contributed by atoms with E-state index in [1.807, 2.05) is 36.4 Å². The fourth-order valence-electron chi connectivity index (χ4n) is 2.01. The number of nitrogens with two attached hydrogens (primary N) is 1. The minimum atomic E-state index is 0.368. The summed E-state index contributed by atoms with van der Waals surface area (Å²) in [7, 11) is 1.59. The number of methoxy groups -OCH3 is 1. The van der Waals surface area contributed by atoms with Gasteiger partial charge in [0, 0.05) is 5.02 Å². The van der Waals surface area contributed by atoms with Crippen LogP contribution >= 0.6 is 23.2 Å². The molecule has 2 aromatic carbocycles. The van der Waals surface area contributed by atoms with E-state index in [0.29, 0.717) is 34.7 Å². The lowest BCUT2D eigenvalue weighted by Gasteiger charge is -2.14. The molecule has 112 valence electrons. The Morgan fingerprint density at radius 2 is 1.90 bits per heavy atom. The number of halogens is 2. The van der Waals surface area contributed by atoms with Crippen LogP contribution in [0.5, 0.6) is 11.5 Å². The molecule has 2 rings (SSSR count). The molecule has 0 aliphatic heterocycles. The molecule has 0 fully saturated rings. The van der Waals surface area contributed by atoms with E-state index in [-0.39, 0.29) is 0 Å². The second kappa shape index (κ2) is 7.55. The van der Waals surface area contributed by atoms with Crippen molar-refractivity contribution < 1.29 is 9.47 Å². The first-order valence-electron chi connectivity index (χ1n) is 6.57. The van der Waals surface area contributed by atoms with Crippen LogP contribution in [0.15, 0.2) is 36.4 Å². The lowest BCUT2D eigenvalue weighted by molar-refractivity contribution is 0.284. The monoisotopic (exact) mass is 325 g/mol. The van der Waals surface area contributed by atoms with Crippen LogP contribution in [0.25, 0.3) is 0 Å². The molecule has 0 aromatic heterocycles. The van der Waals surface area contributed by atoms with Gasteiger partial charge in [-0.3, -0.25) is 0 Å². The highest BCUT2D eigenvalue weighted by Crippen LogP contribution is 2.37. The summed E-state index contributed by atoms with van der Waals surface area (Å²) in [5.41, 5.74) is 7.55. The second-order valence-electron chi connectivity index (χ2n) is 4.57. The Labute approximate surface area is 134 Å². The zero-order valence-corrected chi connectivity index (χ0v) is 13.2. The number of hydrogen-bond acceptors (Lipinski definition) is 3. The van der Waals surface area contributed by atoms with Gasteiger partial charge in [-0.05, 0) is 48.4 Å². The third-order valence-corrected chi connectivity index (χ3v) is 3.51. The van der Waals surface area contributed by atoms with Crippen molar-refractivity contribution in [3.63, 3.8) is 0 Å². The number of hydrogen-bond donors (Lipinski definition) is 1. The molecule has 0 atom stereocenters. The first-order valence-corrected chi connectivity index (χ1v) is 7.33. The van der Waals surface area contributed by atoms with Gasteiger partial charge in [0.1, 0.15) is 6.61 Å². The Morgan fingerprint density at radius 1 is 1.10 bits per heavy atom. The number of ether oxygens (including phenoxy) is 2. The van der Waals surface area contributed by atoms with Crippen molar-refractivity contribution in [1.82, 2.24) is 0 Å². The second-order valence-corrected chi connectivity index (χ2v) is 5.41. The highest BCUT2D eigenvalue weighted by atomic mass is 35.5. The van der Waals surface area contributed by atoms with Crippen molar-refractivity contribution in [2.45, 2.75) is 13.0 Å². The van der Waals surface area contributed by atoms with Crippen LogP contribution < -0.4 is 15.2 Å². The molecule has 3 nitrogen and oxygen atoms in total. The fraction of sp³-hybridized carbons (Fsp3) is 0.250. The molecule has 0 saturated carbocycles. The molecule has 5 heteroatoms. The smallest absolute Gasteiger partial charge is 0.180 e. The largest absolute Gasteiger partial charge is 0.493 e. The number of rotatable bonds is 6. The van der Waals surface area contributed by atoms with Gasteiger partial charge in [-0.2, -0.15) is 0 Å². The van der Waals surface area contributed by atoms with Crippen LogP contribution in [0.2, 0.25) is 10.0 Å². The van der Waals surface area contributed by atoms with Crippen molar-refractivity contribution >= 4 is 23.2 Å². The Balaban J connectivity index is 2.19. The maximum absolute atomic E-state index is 6.27. The Hall–Kier alpha value is -1.42. The van der Waals surface area contributed by atoms with Gasteiger partial charge in [0.05, 0.1) is 12.1 Å². The van der Waals surface area contributed by atoms with Crippen LogP contribution in [0, 0.1) is 0 Å². The average molecular weight is 326 g/mol. The SMILES string of the molecule is COc1cc(CCN)cc(Cl)c1OCc1cccc(Cl)c1. The lowest BCUT2D eigenvalue weighted by Crippen LogP contribution is -2.04. The minimum absolute atomic E-state index is 0.368. The van der Waals surface area contributed by atoms with E-state index in [1.54, 1.807) is 7.11 Å². The van der Waals surface area contributed by atoms with Crippen molar-refractivity contribution in [1.29, 1.82) is 0 Å². The van der Waals surface area contributed by atoms with Gasteiger partial charge in [-0.1, -0.05) is 35.3 Å². The highest BCUT2D eigenvalue weighted by molar-refractivity contribution is 6.32. The molecule has 21 heavy (non-hydrogen) atoms. The molecule has 0 amide bonds. The average Bonchev–Trinajstić information content (AvgIpc) is 2.46. The van der Waals surface area contributed by atoms with Crippen molar-refractivity contribution in [3.05, 3.63) is 57.6 Å². The van der Waals surface area contributed by atoms with Gasteiger partial charge >= 0.3 is 0 Å². The maximum atomic E-state index is 6.27. The van der Waals surface area contributed by atoms with E-state index in [2.05, 4.69) is 0 Å². The molecule has 2 aromatic rings. The summed E-state index contributed by atoms with van der Waals surface area (Å²) in [4.78, 5) is 0. The Kier molecular flexibility index (Phi) is 5.74. The standard InChI is InChI=1S/C16H17Cl2NO2/c1-20-15-9-11(5-6-19)8-14(18)16(15)21-10-12-3-2-4-13(17)7-12/h2-4,7-9H,5-6,10,19H2,1H3. The van der Waals surface area contributed by atoms with E-state index in [9.17, 15) is 0 Å². The molecule has 0 heterocycles. The molecule has 0 aliphatic rings. The van der Waals surface area contributed by atoms with E-state index >= 15 is 0 Å². The zero-order valence-electron chi connectivity index (χ0n) is 11.7. The molecule has 2 N–H and O–H groups in total. The first kappa shape index (κ1) is 16.0. The normalized spacial score (nSPS) is 10.5. The van der Waals surface area contributed by atoms with E-state index < -0.39 is 0 Å². The predicted molar refractivity (Wildman–Crippen MR) is 86.5 cm³/mol. The van der Waals surface area contributed by atoms with Gasteiger partial charge in [-0.15, -0.1) is 0 Å². The fourth-order valence-corrected chi connectivity index (χ4v) is 2.51. The predicted octanol–water partition coefficient (Wildman–Crippen LogP) is 4.08. The highest BCUT2D eigenvalue weighted by Gasteiger charge is 2.12. The van der Waals surface area contributed by atoms with Gasteiger partial charge in [-0.25, -0.2) is 0 Å². The van der Waals surface area contributed by atoms with Crippen molar-refractivity contribution in [2.24, 2.45) is 5.73 Å². The Bertz CT molecular complexity index is 617. The topological polar surface area (TPSA) is 44.5 Å². The zero-order chi connectivity index (χ0) is 15.2. The van der Waals surface area contributed by atoms with E-state index in [0.717, 1.165) is 17.5 Å². The first-order chi connectivity index (χ1) is 10.1. The van der Waals surface area contributed by atoms with Gasteiger partial charge in [0.15, 0.2) is 11.5 Å². The van der Waals surface area contributed by atoms with Crippen molar-refractivity contribution in [2.75, 3.05) is 13.7 Å². The third-order valence-electron chi connectivity index (χ3n) is 2.99. The van der Waals surface area contributed by atoms with E-state index in [4.69, 9.17) is 38.4 Å². The lowest BCUT2D eigenvalue weighted by atomic mass is 10.1. The molecule has 0 aliphatic carbocycles. The van der Waals surface area contributed by atoms with Crippen molar-refractivity contribution in [3.8, 4) is 11.5 Å². The molecule has 0 saturated heterocycles. The van der Waals surface area contributed by atoms with Crippen LogP contribution in [0.4, 0.5) is 0 Å². The molecule has 0 unspecified atom stereocenters. The quantitative estimate of drug-likeness (QED) is 0.870. The maximum Gasteiger partial charge on any atom is 0.180 e. The molecule has 0 radical (unpaired) electrons. The summed E-state index contributed by atoms with van der Waals surface area (Å²) >= 11 is 12.2. The van der Waals surface area contributed by atoms with Crippen LogP contribution in [-0.2, 0) is 13.0 Å².